The zero-order valence-electron chi connectivity index (χ0n) is 14.7. The van der Waals surface area contributed by atoms with Crippen LogP contribution in [0.25, 0.3) is 6.08 Å². The van der Waals surface area contributed by atoms with E-state index in [1.807, 2.05) is 30.7 Å². The van der Waals surface area contributed by atoms with Crippen molar-refractivity contribution >= 4 is 51.9 Å². The number of carbonyl (C=O) groups is 1. The van der Waals surface area contributed by atoms with Gasteiger partial charge >= 0.3 is 0 Å². The number of methoxy groups -OCH3 is 2. The van der Waals surface area contributed by atoms with Crippen molar-refractivity contribution in [3.63, 3.8) is 0 Å². The van der Waals surface area contributed by atoms with Crippen LogP contribution in [0.1, 0.15) is 17.0 Å². The first-order valence-electron chi connectivity index (χ1n) is 7.72. The minimum absolute atomic E-state index is 0.173. The second-order valence-corrected chi connectivity index (χ2v) is 7.74. The summed E-state index contributed by atoms with van der Waals surface area (Å²) in [7, 11) is 3.06. The van der Waals surface area contributed by atoms with E-state index in [1.54, 1.807) is 18.2 Å². The van der Waals surface area contributed by atoms with Gasteiger partial charge < -0.3 is 9.47 Å². The molecule has 0 unspecified atom stereocenters. The Balaban J connectivity index is 2.00. The molecule has 0 bridgehead atoms. The van der Waals surface area contributed by atoms with E-state index in [0.717, 1.165) is 17.0 Å². The molecule has 2 aromatic rings. The summed E-state index contributed by atoms with van der Waals surface area (Å²) in [6.07, 6.45) is 1.75. The average molecular weight is 409 g/mol. The highest BCUT2D eigenvalue weighted by Crippen LogP contribution is 2.38. The van der Waals surface area contributed by atoms with Crippen LogP contribution in [-0.4, -0.2) is 29.1 Å². The lowest BCUT2D eigenvalue weighted by Gasteiger charge is -2.20. The summed E-state index contributed by atoms with van der Waals surface area (Å²) in [6.45, 7) is 3.87. The zero-order chi connectivity index (χ0) is 19.0. The van der Waals surface area contributed by atoms with Crippen molar-refractivity contribution in [1.82, 2.24) is 4.68 Å². The summed E-state index contributed by atoms with van der Waals surface area (Å²) < 4.78 is 12.9. The van der Waals surface area contributed by atoms with Crippen LogP contribution < -0.4 is 14.5 Å². The second-order valence-electron chi connectivity index (χ2n) is 5.66. The molecule has 1 saturated heterocycles. The first-order chi connectivity index (χ1) is 12.4. The van der Waals surface area contributed by atoms with Gasteiger partial charge in [-0.25, -0.2) is 0 Å². The maximum Gasteiger partial charge on any atom is 0.285 e. The molecule has 3 rings (SSSR count). The molecule has 26 heavy (non-hydrogen) atoms. The minimum Gasteiger partial charge on any atom is -0.493 e. The van der Waals surface area contributed by atoms with Gasteiger partial charge in [-0.05, 0) is 62.0 Å². The van der Waals surface area contributed by atoms with Gasteiger partial charge in [0.2, 0.25) is 0 Å². The number of thiocarbonyl (C=S) groups is 1. The van der Waals surface area contributed by atoms with Crippen LogP contribution in [0.5, 0.6) is 11.5 Å². The van der Waals surface area contributed by atoms with Crippen LogP contribution >= 0.6 is 35.6 Å². The van der Waals surface area contributed by atoms with Gasteiger partial charge in [-0.2, -0.15) is 5.01 Å². The van der Waals surface area contributed by atoms with Crippen molar-refractivity contribution in [2.75, 3.05) is 19.2 Å². The van der Waals surface area contributed by atoms with Crippen molar-refractivity contribution in [3.8, 4) is 11.5 Å². The summed E-state index contributed by atoms with van der Waals surface area (Å²) >= 11 is 12.9. The van der Waals surface area contributed by atoms with Crippen LogP contribution in [0.3, 0.4) is 0 Å². The maximum atomic E-state index is 12.9. The first kappa shape index (κ1) is 18.8. The van der Waals surface area contributed by atoms with Gasteiger partial charge in [0.1, 0.15) is 0 Å². The maximum absolute atomic E-state index is 12.9. The number of hydrogen-bond donors (Lipinski definition) is 0. The molecule has 1 aromatic heterocycles. The van der Waals surface area contributed by atoms with Crippen molar-refractivity contribution in [1.29, 1.82) is 0 Å². The Bertz CT molecular complexity index is 917. The quantitative estimate of drug-likeness (QED) is 0.557. The Kier molecular flexibility index (Phi) is 5.32. The van der Waals surface area contributed by atoms with Crippen molar-refractivity contribution in [2.45, 2.75) is 13.8 Å². The molecule has 0 atom stereocenters. The first-order valence-corrected chi connectivity index (χ1v) is 9.32. The lowest BCUT2D eigenvalue weighted by molar-refractivity contribution is -0.114. The molecule has 5 nitrogen and oxygen atoms in total. The third-order valence-corrected chi connectivity index (χ3v) is 5.52. The Morgan fingerprint density at radius 3 is 2.38 bits per heavy atom. The third-order valence-electron chi connectivity index (χ3n) is 3.96. The highest BCUT2D eigenvalue weighted by molar-refractivity contribution is 8.27. The van der Waals surface area contributed by atoms with Gasteiger partial charge in [0.25, 0.3) is 5.91 Å². The second kappa shape index (κ2) is 7.34. The molecule has 1 fully saturated rings. The standard InChI is InChI=1S/C18H17ClN2O3S2/c1-10-5-6-11(2)20(10)21-17(22)15(26-18(21)25)9-12-7-13(19)16(24-4)14(8-12)23-3/h5-9H,1-4H3/b15-9-. The fourth-order valence-electron chi connectivity index (χ4n) is 2.78. The fourth-order valence-corrected chi connectivity index (χ4v) is 4.32. The normalized spacial score (nSPS) is 15.9. The molecule has 136 valence electrons. The highest BCUT2D eigenvalue weighted by atomic mass is 35.5. The van der Waals surface area contributed by atoms with Crippen LogP contribution in [0.15, 0.2) is 29.2 Å². The number of amides is 1. The SMILES string of the molecule is COc1cc(/C=C2\SC(=S)N(n3c(C)ccc3C)C2=O)cc(Cl)c1OC. The zero-order valence-corrected chi connectivity index (χ0v) is 17.1. The average Bonchev–Trinajstić information content (AvgIpc) is 3.06. The van der Waals surface area contributed by atoms with Crippen molar-refractivity contribution in [2.24, 2.45) is 0 Å². The summed E-state index contributed by atoms with van der Waals surface area (Å²) in [5, 5.41) is 1.92. The molecule has 2 heterocycles. The third kappa shape index (κ3) is 3.22. The number of halogens is 1. The van der Waals surface area contributed by atoms with E-state index in [9.17, 15) is 4.79 Å². The van der Waals surface area contributed by atoms with Crippen LogP contribution in [-0.2, 0) is 4.79 Å². The smallest absolute Gasteiger partial charge is 0.285 e. The van der Waals surface area contributed by atoms with Crippen molar-refractivity contribution in [3.05, 3.63) is 51.1 Å². The number of nitrogens with zero attached hydrogens (tertiary/aromatic N) is 2. The Labute approximate surface area is 166 Å². The molecule has 8 heteroatoms. The number of thioether (sulfide) groups is 1. The molecule has 0 spiro atoms. The molecular formula is C18H17ClN2O3S2. The fraction of sp³-hybridized carbons (Fsp3) is 0.222. The molecular weight excluding hydrogens is 392 g/mol. The molecule has 0 saturated carbocycles. The molecule has 1 aliphatic heterocycles. The highest BCUT2D eigenvalue weighted by Gasteiger charge is 2.34. The predicted octanol–water partition coefficient (Wildman–Crippen LogP) is 4.31. The van der Waals surface area contributed by atoms with E-state index in [0.29, 0.717) is 25.7 Å². The monoisotopic (exact) mass is 408 g/mol. The molecule has 1 aromatic carbocycles. The van der Waals surface area contributed by atoms with E-state index in [4.69, 9.17) is 33.3 Å². The van der Waals surface area contributed by atoms with Crippen molar-refractivity contribution < 1.29 is 14.3 Å². The Morgan fingerprint density at radius 1 is 1.15 bits per heavy atom. The lowest BCUT2D eigenvalue weighted by atomic mass is 10.2. The number of aryl methyl sites for hydroxylation is 2. The van der Waals surface area contributed by atoms with Gasteiger partial charge in [-0.1, -0.05) is 23.4 Å². The summed E-state index contributed by atoms with van der Waals surface area (Å²) in [5.74, 6) is 0.782. The number of benzene rings is 1. The van der Waals surface area contributed by atoms with Gasteiger partial charge in [0, 0.05) is 11.4 Å². The summed E-state index contributed by atoms with van der Waals surface area (Å²) in [6, 6.07) is 7.39. The van der Waals surface area contributed by atoms with Crippen LogP contribution in [0, 0.1) is 13.8 Å². The number of rotatable bonds is 4. The number of carbonyl (C=O) groups excluding carboxylic acids is 1. The van der Waals surface area contributed by atoms with Gasteiger partial charge in [0.05, 0.1) is 24.1 Å². The topological polar surface area (TPSA) is 43.7 Å². The number of hydrogen-bond acceptors (Lipinski definition) is 5. The van der Waals surface area contributed by atoms with Gasteiger partial charge in [-0.3, -0.25) is 9.47 Å². The van der Waals surface area contributed by atoms with E-state index >= 15 is 0 Å². The van der Waals surface area contributed by atoms with E-state index in [1.165, 1.54) is 31.0 Å². The summed E-state index contributed by atoms with van der Waals surface area (Å²) in [4.78, 5) is 13.4. The number of ether oxygens (including phenoxy) is 2. The largest absolute Gasteiger partial charge is 0.493 e. The molecule has 1 amide bonds. The van der Waals surface area contributed by atoms with E-state index < -0.39 is 0 Å². The Morgan fingerprint density at radius 2 is 1.81 bits per heavy atom. The van der Waals surface area contributed by atoms with Crippen LogP contribution in [0.2, 0.25) is 5.02 Å². The molecule has 1 aliphatic rings. The summed E-state index contributed by atoms with van der Waals surface area (Å²) in [5.41, 5.74) is 2.61. The minimum atomic E-state index is -0.173. The molecule has 0 radical (unpaired) electrons. The van der Waals surface area contributed by atoms with E-state index in [2.05, 4.69) is 0 Å². The van der Waals surface area contributed by atoms with Gasteiger partial charge in [0.15, 0.2) is 15.8 Å². The lowest BCUT2D eigenvalue weighted by Crippen LogP contribution is -2.39. The predicted molar refractivity (Wildman–Crippen MR) is 110 cm³/mol. The van der Waals surface area contributed by atoms with E-state index in [-0.39, 0.29) is 5.91 Å². The molecule has 0 N–H and O–H groups in total. The van der Waals surface area contributed by atoms with Gasteiger partial charge in [-0.15, -0.1) is 0 Å². The molecule has 0 aliphatic carbocycles. The van der Waals surface area contributed by atoms with Crippen LogP contribution in [0.4, 0.5) is 0 Å². The number of aromatic nitrogens is 1. The Hall–Kier alpha value is -1.96.